The number of rotatable bonds is 4. The van der Waals surface area contributed by atoms with Gasteiger partial charge in [-0.3, -0.25) is 4.79 Å². The minimum Gasteiger partial charge on any atom is -0.465 e. The van der Waals surface area contributed by atoms with E-state index in [-0.39, 0.29) is 11.9 Å². The molecule has 4 rings (SSSR count). The second kappa shape index (κ2) is 5.85. The molecular formula is C19H22N2O2. The van der Waals surface area contributed by atoms with E-state index in [4.69, 9.17) is 4.42 Å². The summed E-state index contributed by atoms with van der Waals surface area (Å²) in [6, 6.07) is 13.1. The number of benzene rings is 1. The van der Waals surface area contributed by atoms with Gasteiger partial charge in [-0.25, -0.2) is 0 Å². The maximum Gasteiger partial charge on any atom is 0.224 e. The summed E-state index contributed by atoms with van der Waals surface area (Å²) in [5.74, 6) is 2.13. The van der Waals surface area contributed by atoms with E-state index in [0.29, 0.717) is 19.0 Å². The van der Waals surface area contributed by atoms with Gasteiger partial charge in [-0.1, -0.05) is 24.3 Å². The van der Waals surface area contributed by atoms with Gasteiger partial charge in [0, 0.05) is 25.0 Å². The van der Waals surface area contributed by atoms with Gasteiger partial charge >= 0.3 is 0 Å². The highest BCUT2D eigenvalue weighted by molar-refractivity contribution is 5.79. The number of fused-ring (bicyclic) bond motifs is 1. The molecule has 4 heteroatoms. The van der Waals surface area contributed by atoms with E-state index in [0.717, 1.165) is 30.9 Å². The average molecular weight is 310 g/mol. The topological polar surface area (TPSA) is 45.5 Å². The number of hydrogen-bond donors (Lipinski definition) is 1. The smallest absolute Gasteiger partial charge is 0.224 e. The normalized spacial score (nSPS) is 21.2. The first-order valence-corrected chi connectivity index (χ1v) is 8.34. The molecule has 0 spiro atoms. The van der Waals surface area contributed by atoms with Crippen molar-refractivity contribution in [3.8, 4) is 0 Å². The summed E-state index contributed by atoms with van der Waals surface area (Å²) in [5.41, 5.74) is 2.79. The molecule has 4 nitrogen and oxygen atoms in total. The third-order valence-electron chi connectivity index (χ3n) is 4.99. The lowest BCUT2D eigenvalue weighted by atomic mass is 10.1. The summed E-state index contributed by atoms with van der Waals surface area (Å²) >= 11 is 0. The fourth-order valence-corrected chi connectivity index (χ4v) is 3.80. The van der Waals surface area contributed by atoms with Crippen molar-refractivity contribution in [3.05, 3.63) is 59.0 Å². The molecule has 0 saturated carbocycles. The van der Waals surface area contributed by atoms with Crippen molar-refractivity contribution in [2.24, 2.45) is 0 Å². The van der Waals surface area contributed by atoms with Crippen LogP contribution in [0.5, 0.6) is 0 Å². The van der Waals surface area contributed by atoms with Crippen LogP contribution in [0.15, 0.2) is 40.8 Å². The number of hydrogen-bond acceptors (Lipinski definition) is 3. The van der Waals surface area contributed by atoms with Crippen LogP contribution in [0.25, 0.3) is 0 Å². The van der Waals surface area contributed by atoms with Crippen LogP contribution in [-0.2, 0) is 24.2 Å². The van der Waals surface area contributed by atoms with E-state index in [2.05, 4.69) is 34.5 Å². The molecule has 1 aromatic heterocycles. The maximum atomic E-state index is 12.4. The van der Waals surface area contributed by atoms with Crippen LogP contribution in [-0.4, -0.2) is 29.4 Å². The number of furan rings is 1. The molecule has 120 valence electrons. The number of nitrogens with zero attached hydrogens (tertiary/aromatic N) is 1. The zero-order valence-electron chi connectivity index (χ0n) is 13.4. The summed E-state index contributed by atoms with van der Waals surface area (Å²) in [7, 11) is 0. The number of nitrogens with one attached hydrogen (secondary N) is 1. The Kier molecular flexibility index (Phi) is 3.69. The first-order chi connectivity index (χ1) is 11.2. The molecule has 0 radical (unpaired) electrons. The van der Waals surface area contributed by atoms with Crippen molar-refractivity contribution >= 4 is 5.91 Å². The quantitative estimate of drug-likeness (QED) is 0.943. The van der Waals surface area contributed by atoms with Crippen LogP contribution < -0.4 is 5.32 Å². The zero-order chi connectivity index (χ0) is 15.8. The second-order valence-electron chi connectivity index (χ2n) is 6.67. The molecule has 2 aliphatic rings. The minimum absolute atomic E-state index is 0.219. The number of carbonyl (C=O) groups excluding carboxylic acids is 1. The molecule has 1 aliphatic carbocycles. The number of aryl methyl sites for hydroxylation is 1. The molecule has 2 heterocycles. The Hall–Kier alpha value is -2.07. The van der Waals surface area contributed by atoms with Gasteiger partial charge in [0.1, 0.15) is 11.5 Å². The van der Waals surface area contributed by atoms with Crippen molar-refractivity contribution in [2.75, 3.05) is 6.54 Å². The van der Waals surface area contributed by atoms with E-state index in [1.165, 1.54) is 11.1 Å². The van der Waals surface area contributed by atoms with Crippen molar-refractivity contribution < 1.29 is 9.21 Å². The van der Waals surface area contributed by atoms with Crippen LogP contribution in [0.1, 0.15) is 29.1 Å². The van der Waals surface area contributed by atoms with Crippen molar-refractivity contribution in [1.82, 2.24) is 10.2 Å². The first kappa shape index (κ1) is 14.5. The number of amides is 1. The van der Waals surface area contributed by atoms with E-state index >= 15 is 0 Å². The highest BCUT2D eigenvalue weighted by Crippen LogP contribution is 2.28. The van der Waals surface area contributed by atoms with Gasteiger partial charge in [0.25, 0.3) is 0 Å². The Morgan fingerprint density at radius 1 is 1.13 bits per heavy atom. The van der Waals surface area contributed by atoms with Gasteiger partial charge in [0.2, 0.25) is 5.91 Å². The molecule has 1 aliphatic heterocycles. The maximum absolute atomic E-state index is 12.4. The predicted molar refractivity (Wildman–Crippen MR) is 88.0 cm³/mol. The van der Waals surface area contributed by atoms with Gasteiger partial charge < -0.3 is 14.6 Å². The van der Waals surface area contributed by atoms with Crippen LogP contribution in [0.3, 0.4) is 0 Å². The highest BCUT2D eigenvalue weighted by atomic mass is 16.3. The largest absolute Gasteiger partial charge is 0.465 e. The van der Waals surface area contributed by atoms with Crippen LogP contribution >= 0.6 is 0 Å². The summed E-state index contributed by atoms with van der Waals surface area (Å²) in [6.45, 7) is 3.43. The SMILES string of the molecule is Cc1ccc(CNC2CC(=O)N(C3Cc4ccccc4C3)C2)o1. The molecule has 1 aromatic carbocycles. The van der Waals surface area contributed by atoms with E-state index in [9.17, 15) is 4.79 Å². The Labute approximate surface area is 136 Å². The Bertz CT molecular complexity index is 697. The molecule has 23 heavy (non-hydrogen) atoms. The molecule has 1 fully saturated rings. The number of likely N-dealkylation sites (tertiary alicyclic amines) is 1. The van der Waals surface area contributed by atoms with Crippen molar-refractivity contribution in [1.29, 1.82) is 0 Å². The third kappa shape index (κ3) is 2.91. The fraction of sp³-hybridized carbons (Fsp3) is 0.421. The zero-order valence-corrected chi connectivity index (χ0v) is 13.4. The molecular weight excluding hydrogens is 288 g/mol. The molecule has 1 amide bonds. The third-order valence-corrected chi connectivity index (χ3v) is 4.99. The van der Waals surface area contributed by atoms with Crippen LogP contribution in [0.4, 0.5) is 0 Å². The fourth-order valence-electron chi connectivity index (χ4n) is 3.80. The van der Waals surface area contributed by atoms with E-state index < -0.39 is 0 Å². The van der Waals surface area contributed by atoms with E-state index in [1.54, 1.807) is 0 Å². The van der Waals surface area contributed by atoms with Gasteiger partial charge in [-0.15, -0.1) is 0 Å². The summed E-state index contributed by atoms with van der Waals surface area (Å²) < 4.78 is 5.58. The van der Waals surface area contributed by atoms with Crippen molar-refractivity contribution in [3.63, 3.8) is 0 Å². The Balaban J connectivity index is 1.36. The monoisotopic (exact) mass is 310 g/mol. The van der Waals surface area contributed by atoms with Gasteiger partial charge in [0.15, 0.2) is 0 Å². The average Bonchev–Trinajstić information content (AvgIpc) is 3.23. The molecule has 1 atom stereocenters. The standard InChI is InChI=1S/C19H22N2O2/c1-13-6-7-18(23-13)11-20-16-10-19(22)21(12-16)17-8-14-4-2-3-5-15(14)9-17/h2-7,16-17,20H,8-12H2,1H3. The lowest BCUT2D eigenvalue weighted by Crippen LogP contribution is -2.39. The van der Waals surface area contributed by atoms with Gasteiger partial charge in [-0.05, 0) is 43.0 Å². The Morgan fingerprint density at radius 2 is 1.87 bits per heavy atom. The predicted octanol–water partition coefficient (Wildman–Crippen LogP) is 2.45. The summed E-state index contributed by atoms with van der Waals surface area (Å²) in [5, 5.41) is 3.46. The Morgan fingerprint density at radius 3 is 2.52 bits per heavy atom. The van der Waals surface area contributed by atoms with Crippen molar-refractivity contribution in [2.45, 2.75) is 44.8 Å². The lowest BCUT2D eigenvalue weighted by molar-refractivity contribution is -0.129. The number of carbonyl (C=O) groups is 1. The molecule has 1 saturated heterocycles. The molecule has 1 unspecified atom stereocenters. The van der Waals surface area contributed by atoms with Gasteiger partial charge in [-0.2, -0.15) is 0 Å². The highest BCUT2D eigenvalue weighted by Gasteiger charge is 2.36. The second-order valence-corrected chi connectivity index (χ2v) is 6.67. The minimum atomic E-state index is 0.219. The first-order valence-electron chi connectivity index (χ1n) is 8.34. The molecule has 0 bridgehead atoms. The van der Waals surface area contributed by atoms with Crippen LogP contribution in [0, 0.1) is 6.92 Å². The molecule has 2 aromatic rings. The van der Waals surface area contributed by atoms with Gasteiger partial charge in [0.05, 0.1) is 6.54 Å². The van der Waals surface area contributed by atoms with Crippen LogP contribution in [0.2, 0.25) is 0 Å². The summed E-state index contributed by atoms with van der Waals surface area (Å²) in [4.78, 5) is 14.5. The lowest BCUT2D eigenvalue weighted by Gasteiger charge is -2.24. The summed E-state index contributed by atoms with van der Waals surface area (Å²) in [6.07, 6.45) is 2.57. The molecule has 1 N–H and O–H groups in total. The van der Waals surface area contributed by atoms with E-state index in [1.807, 2.05) is 19.1 Å².